The molecule has 0 aliphatic heterocycles. The molecule has 43 heavy (non-hydrogen) atoms. The van der Waals surface area contributed by atoms with E-state index in [2.05, 4.69) is 61.2 Å². The predicted octanol–water partition coefficient (Wildman–Crippen LogP) is 6.87. The second kappa shape index (κ2) is 16.2. The summed E-state index contributed by atoms with van der Waals surface area (Å²) < 4.78 is 78.6. The molecule has 0 spiro atoms. The van der Waals surface area contributed by atoms with E-state index >= 15 is 0 Å². The second-order valence-corrected chi connectivity index (χ2v) is 15.4. The van der Waals surface area contributed by atoms with Crippen LogP contribution < -0.4 is 0 Å². The number of aryl methyl sites for hydroxylation is 2. The summed E-state index contributed by atoms with van der Waals surface area (Å²) in [4.78, 5) is 4.12. The van der Waals surface area contributed by atoms with Gasteiger partial charge < -0.3 is 17.9 Å². The first kappa shape index (κ1) is 42.9. The van der Waals surface area contributed by atoms with Crippen molar-refractivity contribution in [3.8, 4) is 0 Å². The highest BCUT2D eigenvalue weighted by Gasteiger charge is 2.32. The monoisotopic (exact) mass is 627 g/mol. The van der Waals surface area contributed by atoms with Crippen LogP contribution in [0.3, 0.4) is 0 Å². The Morgan fingerprint density at radius 2 is 0.930 bits per heavy atom. The van der Waals surface area contributed by atoms with Crippen LogP contribution in [0.15, 0.2) is 30.3 Å². The summed E-state index contributed by atoms with van der Waals surface area (Å²) in [5.74, 6) is 0. The number of nitrogens with zero attached hydrogens (tertiary/aromatic N) is 5. The molecule has 0 saturated heterocycles. The van der Waals surface area contributed by atoms with Crippen LogP contribution in [0.1, 0.15) is 40.6 Å². The summed E-state index contributed by atoms with van der Waals surface area (Å²) in [6.07, 6.45) is -8.56. The molecule has 1 aromatic heterocycles. The molecule has 0 aliphatic carbocycles. The van der Waals surface area contributed by atoms with Crippen molar-refractivity contribution in [1.82, 2.24) is 4.98 Å². The van der Waals surface area contributed by atoms with Gasteiger partial charge in [-0.25, -0.2) is 0 Å². The molecule has 11 heteroatoms. The number of benzene rings is 1. The number of halogens is 6. The maximum absolute atomic E-state index is 12.6. The van der Waals surface area contributed by atoms with Crippen molar-refractivity contribution in [2.24, 2.45) is 0 Å². The average molecular weight is 628 g/mol. The molecule has 1 heterocycles. The summed E-state index contributed by atoms with van der Waals surface area (Å²) in [7, 11) is 26.6. The molecular weight excluding hydrogens is 568 g/mol. The van der Waals surface area contributed by atoms with E-state index in [0.717, 1.165) is 26.7 Å². The molecule has 0 radical (unpaired) electrons. The first-order valence-electron chi connectivity index (χ1n) is 14.1. The SMILES string of the molecule is CC[N+](C)(C)C.C[N+](C)(C)C.Cc1cc(C(F)(F)F)cc(C[N+](C)(C)C)n1.Cc1cc(C[N+](C)(C)C)cc(C(F)(F)F)c1. The molecule has 2 rings (SSSR count). The third kappa shape index (κ3) is 26.0. The first-order chi connectivity index (χ1) is 18.7. The van der Waals surface area contributed by atoms with E-state index in [9.17, 15) is 26.3 Å². The van der Waals surface area contributed by atoms with Crippen molar-refractivity contribution in [2.45, 2.75) is 46.2 Å². The third-order valence-corrected chi connectivity index (χ3v) is 5.04. The van der Waals surface area contributed by atoms with Crippen molar-refractivity contribution in [3.63, 3.8) is 0 Å². The molecule has 0 atom stereocenters. The number of hydrogen-bond donors (Lipinski definition) is 0. The molecule has 0 aliphatic rings. The highest BCUT2D eigenvalue weighted by molar-refractivity contribution is 5.30. The normalized spacial score (nSPS) is 12.7. The Labute approximate surface area is 257 Å². The highest BCUT2D eigenvalue weighted by Crippen LogP contribution is 2.31. The third-order valence-electron chi connectivity index (χ3n) is 5.04. The zero-order valence-corrected chi connectivity index (χ0v) is 29.5. The minimum atomic E-state index is -4.30. The number of quaternary nitrogens is 4. The lowest BCUT2D eigenvalue weighted by atomic mass is 10.1. The summed E-state index contributed by atoms with van der Waals surface area (Å²) in [5.41, 5.74) is 1.07. The number of rotatable bonds is 5. The van der Waals surface area contributed by atoms with E-state index in [1.54, 1.807) is 19.9 Å². The van der Waals surface area contributed by atoms with E-state index in [1.807, 2.05) is 42.3 Å². The lowest BCUT2D eigenvalue weighted by molar-refractivity contribution is -0.884. The van der Waals surface area contributed by atoms with Crippen molar-refractivity contribution in [3.05, 3.63) is 64.0 Å². The van der Waals surface area contributed by atoms with E-state index in [4.69, 9.17) is 0 Å². The number of aromatic nitrogens is 1. The topological polar surface area (TPSA) is 12.9 Å². The van der Waals surface area contributed by atoms with Crippen LogP contribution in [0.2, 0.25) is 0 Å². The fraction of sp³-hybridized carbons (Fsp3) is 0.656. The second-order valence-electron chi connectivity index (χ2n) is 15.4. The van der Waals surface area contributed by atoms with Crippen LogP contribution in [-0.4, -0.2) is 121 Å². The largest absolute Gasteiger partial charge is 0.416 e. The summed E-state index contributed by atoms with van der Waals surface area (Å²) in [5, 5.41) is 0. The van der Waals surface area contributed by atoms with E-state index in [-0.39, 0.29) is 0 Å². The summed E-state index contributed by atoms with van der Waals surface area (Å²) in [6, 6.07) is 6.41. The Balaban J connectivity index is 0. The predicted molar refractivity (Wildman–Crippen MR) is 166 cm³/mol. The quantitative estimate of drug-likeness (QED) is 0.261. The molecule has 0 fully saturated rings. The maximum atomic E-state index is 12.6. The zero-order valence-electron chi connectivity index (χ0n) is 29.5. The van der Waals surface area contributed by atoms with E-state index in [0.29, 0.717) is 39.0 Å². The van der Waals surface area contributed by atoms with Gasteiger partial charge in [-0.2, -0.15) is 26.3 Å². The molecule has 1 aromatic carbocycles. The summed E-state index contributed by atoms with van der Waals surface area (Å²) in [6.45, 7) is 7.72. The van der Waals surface area contributed by atoms with Crippen molar-refractivity contribution in [2.75, 3.05) is 98.2 Å². The van der Waals surface area contributed by atoms with Gasteiger partial charge in [0.05, 0.1) is 115 Å². The van der Waals surface area contributed by atoms with Crippen LogP contribution in [0.5, 0.6) is 0 Å². The Bertz CT molecular complexity index is 1020. The Kier molecular flexibility index (Phi) is 16.2. The van der Waals surface area contributed by atoms with Gasteiger partial charge in [0.15, 0.2) is 0 Å². The Morgan fingerprint density at radius 3 is 1.26 bits per heavy atom. The van der Waals surface area contributed by atoms with Crippen LogP contribution in [0, 0.1) is 13.8 Å². The van der Waals surface area contributed by atoms with Gasteiger partial charge in [0.2, 0.25) is 0 Å². The fourth-order valence-corrected chi connectivity index (χ4v) is 3.13. The molecule has 2 aromatic rings. The van der Waals surface area contributed by atoms with Crippen LogP contribution in [0.4, 0.5) is 26.3 Å². The zero-order chi connectivity index (χ0) is 34.8. The van der Waals surface area contributed by atoms with E-state index in [1.165, 1.54) is 18.7 Å². The van der Waals surface area contributed by atoms with Crippen LogP contribution in [-0.2, 0) is 25.4 Å². The molecule has 250 valence electrons. The molecule has 5 nitrogen and oxygen atoms in total. The van der Waals surface area contributed by atoms with Gasteiger partial charge in [0, 0.05) is 11.3 Å². The number of pyridine rings is 1. The van der Waals surface area contributed by atoms with Crippen LogP contribution >= 0.6 is 0 Å². The van der Waals surface area contributed by atoms with Gasteiger partial charge in [0.25, 0.3) is 0 Å². The number of alkyl halides is 6. The van der Waals surface area contributed by atoms with Gasteiger partial charge in [-0.05, 0) is 45.0 Å². The van der Waals surface area contributed by atoms with Gasteiger partial charge in [-0.3, -0.25) is 4.98 Å². The molecule has 0 bridgehead atoms. The van der Waals surface area contributed by atoms with Gasteiger partial charge in [0.1, 0.15) is 13.1 Å². The molecule has 0 amide bonds. The minimum absolute atomic E-state index is 0.401. The smallest absolute Gasteiger partial charge is 0.333 e. The number of hydrogen-bond acceptors (Lipinski definition) is 1. The van der Waals surface area contributed by atoms with Gasteiger partial charge in [-0.1, -0.05) is 11.6 Å². The molecule has 0 unspecified atom stereocenters. The van der Waals surface area contributed by atoms with E-state index < -0.39 is 23.5 Å². The highest BCUT2D eigenvalue weighted by atomic mass is 19.4. The molecule has 0 saturated carbocycles. The van der Waals surface area contributed by atoms with Crippen molar-refractivity contribution in [1.29, 1.82) is 0 Å². The average Bonchev–Trinajstić information content (AvgIpc) is 2.68. The molecular formula is C32H59F6N5+4. The van der Waals surface area contributed by atoms with Crippen molar-refractivity contribution < 1.29 is 44.3 Å². The first-order valence-corrected chi connectivity index (χ1v) is 14.1. The van der Waals surface area contributed by atoms with Gasteiger partial charge in [-0.15, -0.1) is 0 Å². The summed E-state index contributed by atoms with van der Waals surface area (Å²) >= 11 is 0. The fourth-order valence-electron chi connectivity index (χ4n) is 3.13. The lowest BCUT2D eigenvalue weighted by Gasteiger charge is -2.24. The Hall–Kier alpha value is -2.21. The minimum Gasteiger partial charge on any atom is -0.333 e. The standard InChI is InChI=1S/C12H17F3N.C11H16F3N2.C5H14N.C4H12N/c1-9-5-10(8-16(2,3)4)7-11(6-9)12(13,14)15;1-8-5-9(11(12,13)14)6-10(15-8)7-16(2,3)4;1-5-6(2,3)4;1-5(2,3)4/h5-7H,8H2,1-4H3;5-6H,7H2,1-4H3;5H2,1-4H3;1-4H3/q4*+1. The lowest BCUT2D eigenvalue weighted by Crippen LogP contribution is -2.33. The van der Waals surface area contributed by atoms with Gasteiger partial charge >= 0.3 is 12.4 Å². The molecule has 0 N–H and O–H groups in total. The maximum Gasteiger partial charge on any atom is 0.416 e. The van der Waals surface area contributed by atoms with Crippen molar-refractivity contribution >= 4 is 0 Å². The van der Waals surface area contributed by atoms with Crippen LogP contribution in [0.25, 0.3) is 0 Å². The Morgan fingerprint density at radius 1 is 0.558 bits per heavy atom.